The van der Waals surface area contributed by atoms with Crippen molar-refractivity contribution in [1.29, 1.82) is 0 Å². The van der Waals surface area contributed by atoms with Crippen LogP contribution in [0.4, 0.5) is 10.5 Å². The van der Waals surface area contributed by atoms with Gasteiger partial charge in [0.05, 0.1) is 12.0 Å². The van der Waals surface area contributed by atoms with Gasteiger partial charge in [-0.2, -0.15) is 0 Å². The van der Waals surface area contributed by atoms with Crippen molar-refractivity contribution in [1.82, 2.24) is 5.32 Å². The predicted octanol–water partition coefficient (Wildman–Crippen LogP) is 1.86. The zero-order valence-electron chi connectivity index (χ0n) is 12.9. The zero-order chi connectivity index (χ0) is 17.0. The summed E-state index contributed by atoms with van der Waals surface area (Å²) in [6, 6.07) is 6.18. The number of anilines is 1. The molecule has 1 aromatic carbocycles. The van der Waals surface area contributed by atoms with Crippen LogP contribution < -0.4 is 16.4 Å². The van der Waals surface area contributed by atoms with Crippen LogP contribution in [0.2, 0.25) is 0 Å². The summed E-state index contributed by atoms with van der Waals surface area (Å²) in [6.07, 6.45) is 1.56. The fourth-order valence-corrected chi connectivity index (χ4v) is 2.86. The Morgan fingerprint density at radius 1 is 1.17 bits per heavy atom. The predicted molar refractivity (Wildman–Crippen MR) is 84.7 cm³/mol. The van der Waals surface area contributed by atoms with Gasteiger partial charge >= 0.3 is 12.0 Å². The van der Waals surface area contributed by atoms with Crippen LogP contribution in [-0.2, 0) is 9.59 Å². The van der Waals surface area contributed by atoms with E-state index in [9.17, 15) is 14.4 Å². The molecule has 3 atom stereocenters. The number of hydrogen-bond acceptors (Lipinski definition) is 3. The number of carboxylic acids is 1. The number of primary amides is 1. The van der Waals surface area contributed by atoms with Crippen LogP contribution in [0.15, 0.2) is 24.3 Å². The molecule has 2 rings (SSSR count). The van der Waals surface area contributed by atoms with Crippen molar-refractivity contribution in [3.05, 3.63) is 29.8 Å². The Morgan fingerprint density at radius 2 is 1.78 bits per heavy atom. The van der Waals surface area contributed by atoms with E-state index in [0.717, 1.165) is 5.56 Å². The van der Waals surface area contributed by atoms with Crippen LogP contribution in [-0.4, -0.2) is 23.0 Å². The van der Waals surface area contributed by atoms with Crippen LogP contribution in [0.25, 0.3) is 0 Å². The molecule has 1 aromatic rings. The number of carbonyl (C=O) groups is 3. The highest BCUT2D eigenvalue weighted by atomic mass is 16.4. The Hall–Kier alpha value is -2.57. The van der Waals surface area contributed by atoms with Crippen LogP contribution in [0, 0.1) is 11.8 Å². The van der Waals surface area contributed by atoms with E-state index in [1.807, 2.05) is 6.92 Å². The van der Waals surface area contributed by atoms with Gasteiger partial charge < -0.3 is 21.5 Å². The van der Waals surface area contributed by atoms with Gasteiger partial charge in [0.1, 0.15) is 0 Å². The molecule has 1 aliphatic carbocycles. The lowest BCUT2D eigenvalue weighted by atomic mass is 10.0. The third-order valence-electron chi connectivity index (χ3n) is 4.19. The second-order valence-corrected chi connectivity index (χ2v) is 5.89. The van der Waals surface area contributed by atoms with Gasteiger partial charge in [-0.1, -0.05) is 12.1 Å². The van der Waals surface area contributed by atoms with E-state index in [1.54, 1.807) is 24.3 Å². The number of rotatable bonds is 5. The SMILES string of the molecule is CC(NC(=O)[C@@H]1CC[C@H](C(=O)O)C1)c1ccc(NC(N)=O)cc1. The highest BCUT2D eigenvalue weighted by molar-refractivity contribution is 5.87. The Balaban J connectivity index is 1.91. The average molecular weight is 319 g/mol. The number of nitrogens with two attached hydrogens (primary N) is 1. The van der Waals surface area contributed by atoms with E-state index in [1.165, 1.54) is 0 Å². The van der Waals surface area contributed by atoms with Gasteiger partial charge in [-0.15, -0.1) is 0 Å². The molecule has 7 heteroatoms. The van der Waals surface area contributed by atoms with Crippen molar-refractivity contribution in [3.8, 4) is 0 Å². The minimum Gasteiger partial charge on any atom is -0.481 e. The standard InChI is InChI=1S/C16H21N3O4/c1-9(10-4-6-13(7-5-10)19-16(17)23)18-14(20)11-2-3-12(8-11)15(21)22/h4-7,9,11-12H,2-3,8H2,1H3,(H,18,20)(H,21,22)(H3,17,19,23)/t9?,11-,12+/m1/s1. The Morgan fingerprint density at radius 3 is 2.30 bits per heavy atom. The topological polar surface area (TPSA) is 122 Å². The van der Waals surface area contributed by atoms with Crippen molar-refractivity contribution in [2.45, 2.75) is 32.2 Å². The van der Waals surface area contributed by atoms with E-state index in [-0.39, 0.29) is 17.9 Å². The van der Waals surface area contributed by atoms with E-state index in [4.69, 9.17) is 10.8 Å². The van der Waals surface area contributed by atoms with Gasteiger partial charge in [0.25, 0.3) is 0 Å². The lowest BCUT2D eigenvalue weighted by molar-refractivity contribution is -0.141. The molecule has 1 saturated carbocycles. The molecule has 5 N–H and O–H groups in total. The number of hydrogen-bond donors (Lipinski definition) is 4. The molecule has 124 valence electrons. The number of benzene rings is 1. The first-order valence-electron chi connectivity index (χ1n) is 7.56. The molecule has 0 aliphatic heterocycles. The highest BCUT2D eigenvalue weighted by Gasteiger charge is 2.34. The van der Waals surface area contributed by atoms with Crippen LogP contribution in [0.5, 0.6) is 0 Å². The maximum atomic E-state index is 12.2. The van der Waals surface area contributed by atoms with E-state index < -0.39 is 17.9 Å². The largest absolute Gasteiger partial charge is 0.481 e. The quantitative estimate of drug-likeness (QED) is 0.661. The third kappa shape index (κ3) is 4.45. The third-order valence-corrected chi connectivity index (χ3v) is 4.19. The first kappa shape index (κ1) is 16.8. The molecule has 0 aromatic heterocycles. The lowest BCUT2D eigenvalue weighted by Gasteiger charge is -2.18. The second kappa shape index (κ2) is 7.13. The summed E-state index contributed by atoms with van der Waals surface area (Å²) in [5.74, 6) is -1.60. The minimum atomic E-state index is -0.828. The molecule has 7 nitrogen and oxygen atoms in total. The highest BCUT2D eigenvalue weighted by Crippen LogP contribution is 2.31. The minimum absolute atomic E-state index is 0.111. The Kier molecular flexibility index (Phi) is 5.20. The van der Waals surface area contributed by atoms with Crippen molar-refractivity contribution >= 4 is 23.6 Å². The number of nitrogens with one attached hydrogen (secondary N) is 2. The fourth-order valence-electron chi connectivity index (χ4n) is 2.86. The van der Waals surface area contributed by atoms with Crippen LogP contribution in [0.3, 0.4) is 0 Å². The van der Waals surface area contributed by atoms with Gasteiger partial charge in [0.2, 0.25) is 5.91 Å². The lowest BCUT2D eigenvalue weighted by Crippen LogP contribution is -2.32. The number of carboxylic acid groups (broad SMARTS) is 1. The Bertz CT molecular complexity index is 600. The van der Waals surface area contributed by atoms with Gasteiger partial charge in [-0.3, -0.25) is 9.59 Å². The van der Waals surface area contributed by atoms with E-state index in [2.05, 4.69) is 10.6 Å². The van der Waals surface area contributed by atoms with Gasteiger partial charge in [-0.25, -0.2) is 4.79 Å². The van der Waals surface area contributed by atoms with Crippen molar-refractivity contribution in [2.24, 2.45) is 17.6 Å². The summed E-state index contributed by atoms with van der Waals surface area (Å²) >= 11 is 0. The molecule has 0 radical (unpaired) electrons. The summed E-state index contributed by atoms with van der Waals surface area (Å²) in [7, 11) is 0. The maximum Gasteiger partial charge on any atom is 0.316 e. The molecule has 1 fully saturated rings. The van der Waals surface area contributed by atoms with Crippen molar-refractivity contribution in [3.63, 3.8) is 0 Å². The maximum absolute atomic E-state index is 12.2. The smallest absolute Gasteiger partial charge is 0.316 e. The first-order chi connectivity index (χ1) is 10.9. The molecule has 0 bridgehead atoms. The molecular weight excluding hydrogens is 298 g/mol. The molecule has 23 heavy (non-hydrogen) atoms. The monoisotopic (exact) mass is 319 g/mol. The second-order valence-electron chi connectivity index (χ2n) is 5.89. The summed E-state index contributed by atoms with van der Waals surface area (Å²) in [5.41, 5.74) is 6.51. The number of carbonyl (C=O) groups excluding carboxylic acids is 2. The zero-order valence-corrected chi connectivity index (χ0v) is 12.9. The summed E-state index contributed by atoms with van der Waals surface area (Å²) < 4.78 is 0. The summed E-state index contributed by atoms with van der Waals surface area (Å²) in [6.45, 7) is 1.86. The molecule has 3 amide bonds. The van der Waals surface area contributed by atoms with Crippen molar-refractivity contribution in [2.75, 3.05) is 5.32 Å². The van der Waals surface area contributed by atoms with Crippen molar-refractivity contribution < 1.29 is 19.5 Å². The number of urea groups is 1. The normalized spacial score (nSPS) is 21.4. The summed E-state index contributed by atoms with van der Waals surface area (Å²) in [5, 5.41) is 14.4. The summed E-state index contributed by atoms with van der Waals surface area (Å²) in [4.78, 5) is 33.9. The number of amides is 3. The van der Waals surface area contributed by atoms with E-state index in [0.29, 0.717) is 24.9 Å². The van der Waals surface area contributed by atoms with E-state index >= 15 is 0 Å². The van der Waals surface area contributed by atoms with Crippen LogP contribution in [0.1, 0.15) is 37.8 Å². The fraction of sp³-hybridized carbons (Fsp3) is 0.438. The number of aliphatic carboxylic acids is 1. The first-order valence-corrected chi connectivity index (χ1v) is 7.56. The molecule has 1 unspecified atom stereocenters. The van der Waals surface area contributed by atoms with Crippen LogP contribution >= 0.6 is 0 Å². The van der Waals surface area contributed by atoms with Gasteiger partial charge in [0, 0.05) is 11.6 Å². The molecule has 0 saturated heterocycles. The molecule has 1 aliphatic rings. The van der Waals surface area contributed by atoms with Gasteiger partial charge in [-0.05, 0) is 43.9 Å². The van der Waals surface area contributed by atoms with Gasteiger partial charge in [0.15, 0.2) is 0 Å². The molecule has 0 heterocycles. The molecular formula is C16H21N3O4. The molecule has 0 spiro atoms. The Labute approximate surface area is 134 Å². The average Bonchev–Trinajstić information content (AvgIpc) is 2.97.